The van der Waals surface area contributed by atoms with Crippen LogP contribution < -0.4 is 31.9 Å². The van der Waals surface area contributed by atoms with Gasteiger partial charge in [-0.1, -0.05) is 324 Å². The third kappa shape index (κ3) is 72.7. The molecule has 0 fully saturated rings. The molecule has 0 heterocycles. The summed E-state index contributed by atoms with van der Waals surface area (Å²) < 4.78 is 0. The highest BCUT2D eigenvalue weighted by atomic mass is 16.3. The molecule has 564 valence electrons. The molecule has 0 spiro atoms. The summed E-state index contributed by atoms with van der Waals surface area (Å²) in [4.78, 5) is 60.0. The highest BCUT2D eigenvalue weighted by Crippen LogP contribution is 2.16. The van der Waals surface area contributed by atoms with Crippen LogP contribution in [0.3, 0.4) is 0 Å². The first-order valence-electron chi connectivity index (χ1n) is 42.0. The fourth-order valence-electron chi connectivity index (χ4n) is 12.9. The molecule has 0 aliphatic rings. The minimum absolute atomic E-state index is 0.0815. The van der Waals surface area contributed by atoms with Crippen LogP contribution in [0.2, 0.25) is 0 Å². The molecular weight excluding hydrogens is 1180 g/mol. The van der Waals surface area contributed by atoms with Gasteiger partial charge in [-0.2, -0.15) is 0 Å². The van der Waals surface area contributed by atoms with Gasteiger partial charge in [-0.25, -0.2) is 0 Å². The summed E-state index contributed by atoms with van der Waals surface area (Å²) in [5, 5.41) is 31.2. The van der Waals surface area contributed by atoms with Crippen molar-refractivity contribution in [3.05, 3.63) is 0 Å². The van der Waals surface area contributed by atoms with Gasteiger partial charge in [-0.3, -0.25) is 24.5 Å². The maximum atomic E-state index is 13.3. The Morgan fingerprint density at radius 3 is 0.684 bits per heavy atom. The first-order valence-corrected chi connectivity index (χ1v) is 42.0. The smallest absolute Gasteiger partial charge is 0.221 e. The number of nitrogens with zero attached hydrogens (tertiary/aromatic N) is 3. The number of hydrogen-bond acceptors (Lipinski definition) is 10. The van der Waals surface area contributed by atoms with E-state index in [0.29, 0.717) is 71.4 Å². The van der Waals surface area contributed by atoms with E-state index in [2.05, 4.69) is 81.2 Å². The summed E-state index contributed by atoms with van der Waals surface area (Å²) in [5.74, 6) is 0.337. The largest absolute Gasteiger partial charge is 0.379 e. The second-order valence-corrected chi connectivity index (χ2v) is 28.8. The molecule has 1 unspecified atom stereocenters. The average molecular weight is 1350 g/mol. The van der Waals surface area contributed by atoms with Crippen molar-refractivity contribution in [1.82, 2.24) is 46.6 Å². The zero-order chi connectivity index (χ0) is 69.1. The summed E-state index contributed by atoms with van der Waals surface area (Å²) in [6.45, 7) is 22.6. The van der Waals surface area contributed by atoms with Crippen molar-refractivity contribution in [2.24, 2.45) is 0 Å². The number of amides is 4. The Hall–Kier alpha value is -2.36. The topological polar surface area (TPSA) is 170 Å². The third-order valence-electron chi connectivity index (χ3n) is 19.6. The predicted molar refractivity (Wildman–Crippen MR) is 411 cm³/mol. The summed E-state index contributed by atoms with van der Waals surface area (Å²) in [6, 6.07) is 0. The van der Waals surface area contributed by atoms with Gasteiger partial charge in [0, 0.05) is 124 Å². The molecule has 0 aromatic heterocycles. The lowest BCUT2D eigenvalue weighted by Gasteiger charge is -2.29. The number of carbonyl (C=O) groups is 4. The van der Waals surface area contributed by atoms with E-state index in [-0.39, 0.29) is 23.6 Å². The van der Waals surface area contributed by atoms with E-state index >= 15 is 0 Å². The van der Waals surface area contributed by atoms with Crippen LogP contribution in [0, 0.1) is 0 Å². The van der Waals surface area contributed by atoms with E-state index in [1.807, 2.05) is 0 Å². The highest BCUT2D eigenvalue weighted by Gasteiger charge is 2.17. The SMILES string of the molecule is CCCCCCCCCCCCNC(=O)CCN(CCNCCN(CCC(O)NCCCCCCCCCCCC)CCN(CCC(=O)NCCCCCCCCCCCC)CCC(=O)NCCCCCCCCCCCC)CCC(=O)NCCCCCCCCCCCC. The number of unbranched alkanes of at least 4 members (excludes halogenated alkanes) is 45. The van der Waals surface area contributed by atoms with Crippen molar-refractivity contribution < 1.29 is 24.3 Å². The normalized spacial score (nSPS) is 12.0. The van der Waals surface area contributed by atoms with E-state index < -0.39 is 6.23 Å². The lowest BCUT2D eigenvalue weighted by molar-refractivity contribution is -0.123. The van der Waals surface area contributed by atoms with Crippen molar-refractivity contribution in [2.75, 3.05) is 105 Å². The van der Waals surface area contributed by atoms with Gasteiger partial charge >= 0.3 is 0 Å². The van der Waals surface area contributed by atoms with Crippen molar-refractivity contribution in [3.63, 3.8) is 0 Å². The number of aliphatic hydroxyl groups is 1. The molecule has 7 N–H and O–H groups in total. The van der Waals surface area contributed by atoms with Crippen molar-refractivity contribution in [3.8, 4) is 0 Å². The van der Waals surface area contributed by atoms with Gasteiger partial charge in [0.2, 0.25) is 23.6 Å². The van der Waals surface area contributed by atoms with Crippen LogP contribution in [0.15, 0.2) is 0 Å². The van der Waals surface area contributed by atoms with Crippen LogP contribution in [-0.2, 0) is 19.2 Å². The van der Waals surface area contributed by atoms with Crippen LogP contribution in [-0.4, -0.2) is 154 Å². The molecule has 0 radical (unpaired) electrons. The number of hydrogen-bond donors (Lipinski definition) is 7. The first-order chi connectivity index (χ1) is 46.7. The molecular formula is C81H165N9O5. The molecule has 0 aliphatic heterocycles. The molecule has 0 rings (SSSR count). The van der Waals surface area contributed by atoms with Crippen LogP contribution >= 0.6 is 0 Å². The highest BCUT2D eigenvalue weighted by molar-refractivity contribution is 5.77. The van der Waals surface area contributed by atoms with Gasteiger partial charge in [0.1, 0.15) is 6.23 Å². The average Bonchev–Trinajstić information content (AvgIpc) is 3.51. The van der Waals surface area contributed by atoms with Crippen LogP contribution in [0.25, 0.3) is 0 Å². The van der Waals surface area contributed by atoms with Crippen LogP contribution in [0.1, 0.15) is 388 Å². The molecule has 14 nitrogen and oxygen atoms in total. The van der Waals surface area contributed by atoms with Gasteiger partial charge in [0.05, 0.1) is 0 Å². The van der Waals surface area contributed by atoms with Crippen molar-refractivity contribution >= 4 is 23.6 Å². The molecule has 1 atom stereocenters. The number of rotatable bonds is 80. The number of nitrogens with one attached hydrogen (secondary N) is 6. The lowest BCUT2D eigenvalue weighted by atomic mass is 10.1. The third-order valence-corrected chi connectivity index (χ3v) is 19.6. The summed E-state index contributed by atoms with van der Waals surface area (Å²) in [5.41, 5.74) is 0. The molecule has 14 heteroatoms. The Balaban J connectivity index is 5.83. The summed E-state index contributed by atoms with van der Waals surface area (Å²) in [7, 11) is 0. The van der Waals surface area contributed by atoms with Crippen LogP contribution in [0.5, 0.6) is 0 Å². The molecule has 0 aromatic carbocycles. The summed E-state index contributed by atoms with van der Waals surface area (Å²) >= 11 is 0. The molecule has 4 amide bonds. The zero-order valence-electron chi connectivity index (χ0n) is 64.2. The Kier molecular flexibility index (Phi) is 75.5. The molecule has 0 bridgehead atoms. The molecule has 95 heavy (non-hydrogen) atoms. The second kappa shape index (κ2) is 77.4. The Labute approximate surface area is 590 Å². The molecule has 0 saturated carbocycles. The van der Waals surface area contributed by atoms with E-state index in [0.717, 1.165) is 123 Å². The van der Waals surface area contributed by atoms with Gasteiger partial charge in [0.25, 0.3) is 0 Å². The van der Waals surface area contributed by atoms with Crippen molar-refractivity contribution in [1.29, 1.82) is 0 Å². The van der Waals surface area contributed by atoms with Gasteiger partial charge in [0.15, 0.2) is 0 Å². The lowest BCUT2D eigenvalue weighted by Crippen LogP contribution is -2.43. The second-order valence-electron chi connectivity index (χ2n) is 28.8. The maximum Gasteiger partial charge on any atom is 0.221 e. The molecule has 0 aliphatic carbocycles. The predicted octanol–water partition coefficient (Wildman–Crippen LogP) is 18.4. The fraction of sp³-hybridized carbons (Fsp3) is 0.951. The summed E-state index contributed by atoms with van der Waals surface area (Å²) in [6.07, 6.45) is 65.3. The Morgan fingerprint density at radius 1 is 0.242 bits per heavy atom. The zero-order valence-corrected chi connectivity index (χ0v) is 64.2. The van der Waals surface area contributed by atoms with Crippen LogP contribution in [0.4, 0.5) is 0 Å². The number of aliphatic hydroxyl groups excluding tert-OH is 1. The van der Waals surface area contributed by atoms with Gasteiger partial charge in [-0.05, 0) is 45.1 Å². The fourth-order valence-corrected chi connectivity index (χ4v) is 12.9. The molecule has 0 saturated heterocycles. The van der Waals surface area contributed by atoms with E-state index in [1.165, 1.54) is 263 Å². The minimum Gasteiger partial charge on any atom is -0.379 e. The van der Waals surface area contributed by atoms with E-state index in [4.69, 9.17) is 0 Å². The standard InChI is InChI=1S/C81H165N9O5/c1-6-11-16-21-26-31-36-41-46-51-61-83-77(91)56-68-88(69-57-78(92)84-62-52-47-42-37-32-27-22-17-12-7-2)73-66-82-67-74-90(72-60-81(95)87-65-55-50-45-40-35-30-25-20-15-10-5)76-75-89(70-58-79(93)85-63-53-48-43-38-33-28-23-18-13-8-3)71-59-80(94)86-64-54-49-44-39-34-29-24-19-14-9-4/h81-82,87,95H,6-76H2,1-5H3,(H,83,91)(H,84,92)(H,85,93)(H,86,94). The monoisotopic (exact) mass is 1340 g/mol. The number of carbonyl (C=O) groups excluding carboxylic acids is 4. The quantitative estimate of drug-likeness (QED) is 0.0230. The Morgan fingerprint density at radius 2 is 0.442 bits per heavy atom. The van der Waals surface area contributed by atoms with E-state index in [1.54, 1.807) is 0 Å². The van der Waals surface area contributed by atoms with Crippen molar-refractivity contribution in [2.45, 2.75) is 394 Å². The van der Waals surface area contributed by atoms with Gasteiger partial charge < -0.3 is 46.4 Å². The first kappa shape index (κ1) is 92.6. The minimum atomic E-state index is -0.591. The Bertz CT molecular complexity index is 1510. The van der Waals surface area contributed by atoms with Gasteiger partial charge in [-0.15, -0.1) is 0 Å². The van der Waals surface area contributed by atoms with E-state index in [9.17, 15) is 24.3 Å². The molecule has 0 aromatic rings. The maximum absolute atomic E-state index is 13.3.